The lowest BCUT2D eigenvalue weighted by Gasteiger charge is -2.31. The van der Waals surface area contributed by atoms with Crippen LogP contribution in [0.2, 0.25) is 0 Å². The second-order valence-electron chi connectivity index (χ2n) is 13.4. The van der Waals surface area contributed by atoms with Gasteiger partial charge in [-0.15, -0.1) is 0 Å². The maximum absolute atomic E-state index is 13.3. The largest absolute Gasteiger partial charge is 0.369 e. The average Bonchev–Trinajstić information content (AvgIpc) is 3.04. The fourth-order valence-corrected chi connectivity index (χ4v) is 6.09. The van der Waals surface area contributed by atoms with Crippen molar-refractivity contribution in [1.82, 2.24) is 9.80 Å². The van der Waals surface area contributed by atoms with Gasteiger partial charge in [0.2, 0.25) is 11.8 Å². The molecule has 0 aliphatic rings. The Morgan fingerprint density at radius 3 is 0.909 bits per heavy atom. The number of unbranched alkanes of at least 4 members (excludes halogenated alkanes) is 4. The van der Waals surface area contributed by atoms with Gasteiger partial charge in [-0.3, -0.25) is 9.59 Å². The molecule has 0 aromatic heterocycles. The van der Waals surface area contributed by atoms with Crippen molar-refractivity contribution in [3.05, 3.63) is 0 Å². The van der Waals surface area contributed by atoms with Crippen LogP contribution in [0.4, 0.5) is 0 Å². The Morgan fingerprint density at radius 1 is 0.455 bits per heavy atom. The second-order valence-corrected chi connectivity index (χ2v) is 13.4. The Balaban J connectivity index is 5.01. The molecule has 0 heterocycles. The molecule has 0 aromatic carbocycles. The summed E-state index contributed by atoms with van der Waals surface area (Å²) in [5.74, 6) is 2.36. The molecule has 262 valence electrons. The Hall–Kier alpha value is -1.14. The molecule has 0 N–H and O–H groups in total. The fraction of sp³-hybridized carbons (Fsp3) is 0.947. The van der Waals surface area contributed by atoms with Gasteiger partial charge in [-0.25, -0.2) is 0 Å². The van der Waals surface area contributed by atoms with Crippen LogP contribution in [0, 0.1) is 23.7 Å². The molecule has 0 radical (unpaired) electrons. The predicted molar refractivity (Wildman–Crippen MR) is 188 cm³/mol. The molecule has 44 heavy (non-hydrogen) atoms. The van der Waals surface area contributed by atoms with Crippen LogP contribution in [0.5, 0.6) is 0 Å². The summed E-state index contributed by atoms with van der Waals surface area (Å²) in [6, 6.07) is 0. The van der Waals surface area contributed by atoms with Crippen molar-refractivity contribution >= 4 is 11.8 Å². The van der Waals surface area contributed by atoms with Crippen molar-refractivity contribution in [2.24, 2.45) is 23.7 Å². The van der Waals surface area contributed by atoms with E-state index in [0.717, 1.165) is 51.9 Å². The SMILES string of the molecule is CCCCC(CC)CN(CC(CC)CCCC)C(=O)COCCOCC(=O)N(CC(CC)CCCC)CC(CC)CCCC. The van der Waals surface area contributed by atoms with Crippen molar-refractivity contribution in [1.29, 1.82) is 0 Å². The summed E-state index contributed by atoms with van der Waals surface area (Å²) in [6.45, 7) is 22.1. The first-order valence-electron chi connectivity index (χ1n) is 19.0. The second kappa shape index (κ2) is 29.3. The summed E-state index contributed by atoms with van der Waals surface area (Å²) in [5, 5.41) is 0. The number of amides is 2. The Morgan fingerprint density at radius 2 is 0.705 bits per heavy atom. The van der Waals surface area contributed by atoms with Crippen LogP contribution in [0.15, 0.2) is 0 Å². The summed E-state index contributed by atoms with van der Waals surface area (Å²) < 4.78 is 11.6. The first-order chi connectivity index (χ1) is 21.3. The minimum atomic E-state index is 0.0864. The van der Waals surface area contributed by atoms with E-state index in [9.17, 15) is 9.59 Å². The van der Waals surface area contributed by atoms with Crippen LogP contribution < -0.4 is 0 Å². The zero-order valence-corrected chi connectivity index (χ0v) is 30.8. The molecule has 4 atom stereocenters. The van der Waals surface area contributed by atoms with E-state index in [4.69, 9.17) is 9.47 Å². The van der Waals surface area contributed by atoms with Crippen LogP contribution in [-0.4, -0.2) is 74.2 Å². The third-order valence-electron chi connectivity index (χ3n) is 9.62. The summed E-state index contributed by atoms with van der Waals surface area (Å²) >= 11 is 0. The number of carbonyl (C=O) groups excluding carboxylic acids is 2. The molecule has 0 bridgehead atoms. The van der Waals surface area contributed by atoms with Crippen molar-refractivity contribution < 1.29 is 19.1 Å². The molecule has 0 saturated heterocycles. The van der Waals surface area contributed by atoms with E-state index in [1.807, 2.05) is 0 Å². The highest BCUT2D eigenvalue weighted by molar-refractivity contribution is 5.78. The van der Waals surface area contributed by atoms with Gasteiger partial charge in [0.05, 0.1) is 13.2 Å². The van der Waals surface area contributed by atoms with Crippen molar-refractivity contribution in [3.63, 3.8) is 0 Å². The lowest BCUT2D eigenvalue weighted by molar-refractivity contribution is -0.141. The van der Waals surface area contributed by atoms with Crippen molar-refractivity contribution in [2.45, 2.75) is 158 Å². The van der Waals surface area contributed by atoms with Gasteiger partial charge >= 0.3 is 0 Å². The van der Waals surface area contributed by atoms with E-state index < -0.39 is 0 Å². The Bertz CT molecular complexity index is 581. The molecule has 4 unspecified atom stereocenters. The van der Waals surface area contributed by atoms with E-state index in [-0.39, 0.29) is 25.0 Å². The van der Waals surface area contributed by atoms with Gasteiger partial charge in [0.15, 0.2) is 0 Å². The van der Waals surface area contributed by atoms with Gasteiger partial charge in [-0.1, -0.05) is 132 Å². The van der Waals surface area contributed by atoms with Gasteiger partial charge in [0, 0.05) is 26.2 Å². The molecular formula is C38H76N2O4. The van der Waals surface area contributed by atoms with E-state index >= 15 is 0 Å². The third-order valence-corrected chi connectivity index (χ3v) is 9.62. The number of hydrogen-bond donors (Lipinski definition) is 0. The van der Waals surface area contributed by atoms with Crippen LogP contribution in [0.3, 0.4) is 0 Å². The van der Waals surface area contributed by atoms with Crippen molar-refractivity contribution in [2.75, 3.05) is 52.6 Å². The topological polar surface area (TPSA) is 59.1 Å². The highest BCUT2D eigenvalue weighted by Gasteiger charge is 2.23. The summed E-state index contributed by atoms with van der Waals surface area (Å²) in [7, 11) is 0. The molecule has 6 heteroatoms. The molecule has 0 spiro atoms. The molecule has 2 amide bonds. The number of nitrogens with zero attached hydrogens (tertiary/aromatic N) is 2. The number of carbonyl (C=O) groups is 2. The third kappa shape index (κ3) is 20.8. The number of rotatable bonds is 31. The monoisotopic (exact) mass is 625 g/mol. The van der Waals surface area contributed by atoms with Crippen molar-refractivity contribution in [3.8, 4) is 0 Å². The van der Waals surface area contributed by atoms with Gasteiger partial charge in [0.1, 0.15) is 13.2 Å². The van der Waals surface area contributed by atoms with Gasteiger partial charge in [-0.05, 0) is 49.4 Å². The van der Waals surface area contributed by atoms with Gasteiger partial charge < -0.3 is 19.3 Å². The number of ether oxygens (including phenoxy) is 2. The molecule has 0 aromatic rings. The Kier molecular flexibility index (Phi) is 28.5. The van der Waals surface area contributed by atoms with Crippen LogP contribution in [-0.2, 0) is 19.1 Å². The first-order valence-corrected chi connectivity index (χ1v) is 19.0. The predicted octanol–water partition coefficient (Wildman–Crippen LogP) is 9.54. The molecular weight excluding hydrogens is 548 g/mol. The van der Waals surface area contributed by atoms with Crippen LogP contribution >= 0.6 is 0 Å². The minimum Gasteiger partial charge on any atom is -0.369 e. The van der Waals surface area contributed by atoms with E-state index in [0.29, 0.717) is 36.9 Å². The average molecular weight is 625 g/mol. The fourth-order valence-electron chi connectivity index (χ4n) is 6.09. The summed E-state index contributed by atoms with van der Waals surface area (Å²) in [6.07, 6.45) is 18.8. The Labute approximate surface area is 274 Å². The normalized spacial score (nSPS) is 14.3. The highest BCUT2D eigenvalue weighted by Crippen LogP contribution is 2.21. The van der Waals surface area contributed by atoms with Gasteiger partial charge in [0.25, 0.3) is 0 Å². The zero-order valence-electron chi connectivity index (χ0n) is 30.8. The van der Waals surface area contributed by atoms with Crippen LogP contribution in [0.25, 0.3) is 0 Å². The van der Waals surface area contributed by atoms with E-state index in [1.165, 1.54) is 77.0 Å². The highest BCUT2D eigenvalue weighted by atomic mass is 16.5. The first kappa shape index (κ1) is 42.9. The lowest BCUT2D eigenvalue weighted by Crippen LogP contribution is -2.41. The molecule has 6 nitrogen and oxygen atoms in total. The standard InChI is InChI=1S/C38H76N2O4/c1-9-17-21-33(13-5)27-39(28-34(14-6)22-18-10-2)37(41)31-43-25-26-44-32-38(42)40(29-35(15-7)23-19-11-3)30-36(16-8)24-20-12-4/h33-36H,9-32H2,1-8H3. The molecule has 0 aliphatic heterocycles. The molecule has 0 rings (SSSR count). The summed E-state index contributed by atoms with van der Waals surface area (Å²) in [4.78, 5) is 30.8. The smallest absolute Gasteiger partial charge is 0.248 e. The zero-order chi connectivity index (χ0) is 33.0. The maximum atomic E-state index is 13.3. The summed E-state index contributed by atoms with van der Waals surface area (Å²) in [5.41, 5.74) is 0. The molecule has 0 saturated carbocycles. The van der Waals surface area contributed by atoms with E-state index in [2.05, 4.69) is 65.2 Å². The minimum absolute atomic E-state index is 0.0864. The van der Waals surface area contributed by atoms with E-state index in [1.54, 1.807) is 0 Å². The van der Waals surface area contributed by atoms with Gasteiger partial charge in [-0.2, -0.15) is 0 Å². The number of hydrogen-bond acceptors (Lipinski definition) is 4. The lowest BCUT2D eigenvalue weighted by atomic mass is 9.95. The maximum Gasteiger partial charge on any atom is 0.248 e. The molecule has 0 fully saturated rings. The van der Waals surface area contributed by atoms with Crippen LogP contribution in [0.1, 0.15) is 158 Å². The quantitative estimate of drug-likeness (QED) is 0.0721. The molecule has 0 aliphatic carbocycles.